The highest BCUT2D eigenvalue weighted by molar-refractivity contribution is 5.21. The van der Waals surface area contributed by atoms with Crippen LogP contribution in [0.3, 0.4) is 0 Å². The van der Waals surface area contributed by atoms with Gasteiger partial charge < -0.3 is 9.64 Å². The number of hydrogen-bond donors (Lipinski definition) is 1. The van der Waals surface area contributed by atoms with E-state index in [1.165, 1.54) is 56.4 Å². The monoisotopic (exact) mass is 292 g/mol. The molecule has 2 fully saturated rings. The van der Waals surface area contributed by atoms with Gasteiger partial charge in [-0.15, -0.1) is 0 Å². The van der Waals surface area contributed by atoms with Crippen molar-refractivity contribution < 1.29 is 9.64 Å². The molecule has 2 nitrogen and oxygen atoms in total. The van der Waals surface area contributed by atoms with Crippen molar-refractivity contribution in [2.24, 2.45) is 17.3 Å². The highest BCUT2D eigenvalue weighted by Crippen LogP contribution is 2.49. The van der Waals surface area contributed by atoms with E-state index in [1.54, 1.807) is 5.57 Å². The Hall–Kier alpha value is -0.340. The van der Waals surface area contributed by atoms with Crippen molar-refractivity contribution in [1.82, 2.24) is 0 Å². The van der Waals surface area contributed by atoms with Crippen LogP contribution in [0.5, 0.6) is 0 Å². The van der Waals surface area contributed by atoms with Crippen LogP contribution in [0.25, 0.3) is 0 Å². The minimum absolute atomic E-state index is 0.266. The second-order valence-electron chi connectivity index (χ2n) is 8.60. The van der Waals surface area contributed by atoms with Crippen molar-refractivity contribution in [2.75, 3.05) is 20.6 Å². The summed E-state index contributed by atoms with van der Waals surface area (Å²) in [6.07, 6.45) is 13.0. The van der Waals surface area contributed by atoms with Crippen molar-refractivity contribution in [3.8, 4) is 0 Å². The largest absolute Gasteiger partial charge is 0.373 e. The molecule has 0 aromatic rings. The maximum atomic E-state index is 6.77. The number of nitrogens with one attached hydrogen (secondary N) is 1. The smallest absolute Gasteiger partial charge is 0.0843 e. The number of hydrogen-bond acceptors (Lipinski definition) is 1. The molecule has 0 spiro atoms. The fourth-order valence-electron chi connectivity index (χ4n) is 5.34. The van der Waals surface area contributed by atoms with Gasteiger partial charge in [-0.1, -0.05) is 38.3 Å². The van der Waals surface area contributed by atoms with Crippen LogP contribution in [0.15, 0.2) is 11.6 Å². The summed E-state index contributed by atoms with van der Waals surface area (Å²) in [6, 6.07) is 0. The second kappa shape index (κ2) is 6.04. The molecular formula is C19H34NO+. The molecular weight excluding hydrogens is 258 g/mol. The normalized spacial score (nSPS) is 36.9. The predicted octanol–water partition coefficient (Wildman–Crippen LogP) is 2.84. The molecule has 1 heterocycles. The maximum absolute atomic E-state index is 6.77. The van der Waals surface area contributed by atoms with Crippen LogP contribution in [0, 0.1) is 17.3 Å². The second-order valence-corrected chi connectivity index (χ2v) is 8.60. The zero-order valence-electron chi connectivity index (χ0n) is 14.5. The van der Waals surface area contributed by atoms with Crippen molar-refractivity contribution in [3.05, 3.63) is 11.6 Å². The Labute approximate surface area is 130 Å². The van der Waals surface area contributed by atoms with Crippen molar-refractivity contribution in [3.63, 3.8) is 0 Å². The molecule has 21 heavy (non-hydrogen) atoms. The molecule has 0 radical (unpaired) electrons. The van der Waals surface area contributed by atoms with E-state index >= 15 is 0 Å². The predicted molar refractivity (Wildman–Crippen MR) is 87.5 cm³/mol. The fourth-order valence-corrected chi connectivity index (χ4v) is 5.34. The molecule has 0 aromatic carbocycles. The summed E-state index contributed by atoms with van der Waals surface area (Å²) in [4.78, 5) is 1.54. The summed E-state index contributed by atoms with van der Waals surface area (Å²) in [5.74, 6) is 1.45. The number of ether oxygens (including phenoxy) is 1. The van der Waals surface area contributed by atoms with Crippen LogP contribution in [-0.4, -0.2) is 32.8 Å². The lowest BCUT2D eigenvalue weighted by atomic mass is 9.64. The molecule has 1 aliphatic heterocycles. The summed E-state index contributed by atoms with van der Waals surface area (Å²) in [5, 5.41) is 0. The summed E-state index contributed by atoms with van der Waals surface area (Å²) < 4.78 is 6.77. The van der Waals surface area contributed by atoms with Gasteiger partial charge in [0, 0.05) is 17.3 Å². The molecule has 0 amide bonds. The first-order valence-electron chi connectivity index (χ1n) is 9.13. The van der Waals surface area contributed by atoms with Crippen LogP contribution in [0.4, 0.5) is 0 Å². The topological polar surface area (TPSA) is 13.7 Å². The van der Waals surface area contributed by atoms with Gasteiger partial charge in [0.2, 0.25) is 0 Å². The van der Waals surface area contributed by atoms with E-state index in [1.807, 2.05) is 0 Å². The molecule has 3 aliphatic rings. The quantitative estimate of drug-likeness (QED) is 0.790. The molecule has 1 saturated heterocycles. The first kappa shape index (κ1) is 15.6. The Bertz CT molecular complexity index is 398. The van der Waals surface area contributed by atoms with Gasteiger partial charge in [-0.3, -0.25) is 0 Å². The highest BCUT2D eigenvalue weighted by atomic mass is 16.5. The van der Waals surface area contributed by atoms with Crippen molar-refractivity contribution in [2.45, 2.75) is 71.0 Å². The van der Waals surface area contributed by atoms with E-state index in [9.17, 15) is 0 Å². The summed E-state index contributed by atoms with van der Waals surface area (Å²) in [7, 11) is 4.54. The Morgan fingerprint density at radius 1 is 1.10 bits per heavy atom. The first-order valence-corrected chi connectivity index (χ1v) is 9.13. The van der Waals surface area contributed by atoms with E-state index in [0.717, 1.165) is 5.92 Å². The third kappa shape index (κ3) is 3.07. The number of fused-ring (bicyclic) bond motifs is 3. The lowest BCUT2D eigenvalue weighted by Gasteiger charge is -2.52. The molecule has 120 valence electrons. The van der Waals surface area contributed by atoms with Crippen LogP contribution in [-0.2, 0) is 4.74 Å². The fraction of sp³-hybridized carbons (Fsp3) is 0.895. The van der Waals surface area contributed by atoms with Crippen molar-refractivity contribution >= 4 is 0 Å². The average Bonchev–Trinajstić information content (AvgIpc) is 2.45. The highest BCUT2D eigenvalue weighted by Gasteiger charge is 2.49. The molecule has 0 aromatic heterocycles. The lowest BCUT2D eigenvalue weighted by Crippen LogP contribution is -3.07. The number of rotatable bonds is 3. The van der Waals surface area contributed by atoms with Crippen LogP contribution < -0.4 is 4.90 Å². The van der Waals surface area contributed by atoms with Gasteiger partial charge in [-0.2, -0.15) is 0 Å². The molecule has 2 heteroatoms. The van der Waals surface area contributed by atoms with Gasteiger partial charge in [-0.25, -0.2) is 0 Å². The van der Waals surface area contributed by atoms with E-state index in [-0.39, 0.29) is 5.41 Å². The van der Waals surface area contributed by atoms with Gasteiger partial charge in [0.05, 0.1) is 32.8 Å². The SMILES string of the molecule is C[NH+](C)CC(C)(C)[C@@H]1O[C@@H]2CCCC[C@H]2C2=CCCC[C@H]21. The van der Waals surface area contributed by atoms with Gasteiger partial charge in [-0.05, 0) is 32.1 Å². The van der Waals surface area contributed by atoms with Crippen LogP contribution in [0.2, 0.25) is 0 Å². The first-order chi connectivity index (χ1) is 9.99. The van der Waals surface area contributed by atoms with Gasteiger partial charge in [0.1, 0.15) is 0 Å². The molecule has 3 rings (SSSR count). The Morgan fingerprint density at radius 3 is 2.57 bits per heavy atom. The molecule has 1 N–H and O–H groups in total. The van der Waals surface area contributed by atoms with Crippen LogP contribution >= 0.6 is 0 Å². The third-order valence-electron chi connectivity index (χ3n) is 5.92. The standard InChI is InChI=1S/C19H33NO/c1-19(2,13-20(3)4)18-16-11-6-5-9-14(16)15-10-7-8-12-17(15)21-18/h9,15-18H,5-8,10-13H2,1-4H3/p+1/t15-,16+,17+,18+/m0/s1. The molecule has 0 unspecified atom stereocenters. The summed E-state index contributed by atoms with van der Waals surface area (Å²) in [6.45, 7) is 6.05. The number of allylic oxidation sites excluding steroid dienone is 1. The Balaban J connectivity index is 1.87. The average molecular weight is 292 g/mol. The summed E-state index contributed by atoms with van der Waals surface area (Å²) in [5.41, 5.74) is 2.06. The van der Waals surface area contributed by atoms with Gasteiger partial charge >= 0.3 is 0 Å². The minimum Gasteiger partial charge on any atom is -0.373 e. The molecule has 1 saturated carbocycles. The van der Waals surface area contributed by atoms with E-state index < -0.39 is 0 Å². The summed E-state index contributed by atoms with van der Waals surface area (Å²) >= 11 is 0. The van der Waals surface area contributed by atoms with E-state index in [0.29, 0.717) is 18.1 Å². The lowest BCUT2D eigenvalue weighted by molar-refractivity contribution is -0.866. The zero-order valence-corrected chi connectivity index (χ0v) is 14.5. The van der Waals surface area contributed by atoms with Crippen LogP contribution in [0.1, 0.15) is 58.8 Å². The third-order valence-corrected chi connectivity index (χ3v) is 5.92. The van der Waals surface area contributed by atoms with Gasteiger partial charge in [0.15, 0.2) is 0 Å². The molecule has 0 bridgehead atoms. The van der Waals surface area contributed by atoms with Gasteiger partial charge in [0.25, 0.3) is 0 Å². The van der Waals surface area contributed by atoms with E-state index in [4.69, 9.17) is 4.74 Å². The van der Waals surface area contributed by atoms with Crippen molar-refractivity contribution in [1.29, 1.82) is 0 Å². The molecule has 2 aliphatic carbocycles. The number of quaternary nitrogens is 1. The molecule has 4 atom stereocenters. The van der Waals surface area contributed by atoms with E-state index in [2.05, 4.69) is 34.0 Å². The maximum Gasteiger partial charge on any atom is 0.0843 e. The minimum atomic E-state index is 0.266. The Morgan fingerprint density at radius 2 is 1.81 bits per heavy atom. The zero-order chi connectivity index (χ0) is 15.0. The Kier molecular flexibility index (Phi) is 4.47.